The van der Waals surface area contributed by atoms with Crippen LogP contribution in [-0.4, -0.2) is 89.2 Å². The van der Waals surface area contributed by atoms with Gasteiger partial charge in [-0.1, -0.05) is 216 Å². The summed E-state index contributed by atoms with van der Waals surface area (Å²) < 4.78 is 28.4. The van der Waals surface area contributed by atoms with Crippen LogP contribution in [0.2, 0.25) is 0 Å². The maximum absolute atomic E-state index is 13.1. The highest BCUT2D eigenvalue weighted by Gasteiger charge is 2.50. The van der Waals surface area contributed by atoms with E-state index in [1.165, 1.54) is 96.3 Å². The summed E-state index contributed by atoms with van der Waals surface area (Å²) >= 11 is 0. The van der Waals surface area contributed by atoms with Crippen molar-refractivity contribution in [3.8, 4) is 0 Å². The van der Waals surface area contributed by atoms with E-state index in [1.54, 1.807) is 0 Å². The van der Waals surface area contributed by atoms with Crippen molar-refractivity contribution in [3.63, 3.8) is 0 Å². The van der Waals surface area contributed by atoms with Crippen LogP contribution in [0, 0.1) is 0 Å². The van der Waals surface area contributed by atoms with Gasteiger partial charge in [0.25, 0.3) is 0 Å². The first-order valence-corrected chi connectivity index (χ1v) is 29.9. The van der Waals surface area contributed by atoms with E-state index in [2.05, 4.69) is 93.7 Å². The Morgan fingerprint density at radius 3 is 1.33 bits per heavy atom. The van der Waals surface area contributed by atoms with E-state index in [0.717, 1.165) is 96.3 Å². The average molecular weight is 1060 g/mol. The minimum Gasteiger partial charge on any atom is -0.479 e. The van der Waals surface area contributed by atoms with Gasteiger partial charge in [0.2, 0.25) is 0 Å². The molecule has 1 aliphatic heterocycles. The number of allylic oxidation sites excluding steroid dienone is 12. The lowest BCUT2D eigenvalue weighted by atomic mass is 9.98. The number of aliphatic carboxylic acids is 1. The van der Waals surface area contributed by atoms with Gasteiger partial charge in [-0.05, 0) is 89.9 Å². The maximum Gasteiger partial charge on any atom is 0.335 e. The summed E-state index contributed by atoms with van der Waals surface area (Å²) in [6.07, 6.45) is 51.6. The number of carboxylic acids is 1. The van der Waals surface area contributed by atoms with Crippen molar-refractivity contribution in [3.05, 3.63) is 72.9 Å². The number of rotatable bonds is 50. The van der Waals surface area contributed by atoms with Crippen LogP contribution >= 0.6 is 0 Å². The predicted octanol–water partition coefficient (Wildman–Crippen LogP) is 15.3. The highest BCUT2D eigenvalue weighted by atomic mass is 16.7. The van der Waals surface area contributed by atoms with E-state index in [1.807, 2.05) is 0 Å². The second kappa shape index (κ2) is 50.9. The van der Waals surface area contributed by atoms with Crippen LogP contribution in [-0.2, 0) is 42.9 Å². The highest BCUT2D eigenvalue weighted by Crippen LogP contribution is 2.26. The van der Waals surface area contributed by atoms with Crippen LogP contribution < -0.4 is 0 Å². The Hall–Kier alpha value is -3.84. The molecule has 6 unspecified atom stereocenters. The fraction of sp³-hybridized carbons (Fsp3) is 0.746. The number of aliphatic hydroxyl groups is 2. The number of hydrogen-bond acceptors (Lipinski definition) is 11. The number of ether oxygens (including phenoxy) is 5. The molecule has 6 atom stereocenters. The van der Waals surface area contributed by atoms with E-state index >= 15 is 0 Å². The Labute approximate surface area is 455 Å². The van der Waals surface area contributed by atoms with Crippen LogP contribution in [0.1, 0.15) is 252 Å². The van der Waals surface area contributed by atoms with Gasteiger partial charge in [0.05, 0.1) is 6.61 Å². The van der Waals surface area contributed by atoms with Gasteiger partial charge in [-0.3, -0.25) is 14.4 Å². The molecule has 75 heavy (non-hydrogen) atoms. The minimum absolute atomic E-state index is 0.0508. The molecule has 0 aromatic rings. The van der Waals surface area contributed by atoms with Gasteiger partial charge >= 0.3 is 23.9 Å². The van der Waals surface area contributed by atoms with Crippen LogP contribution in [0.4, 0.5) is 0 Å². The second-order valence-corrected chi connectivity index (χ2v) is 20.3. The van der Waals surface area contributed by atoms with Crippen molar-refractivity contribution in [2.24, 2.45) is 0 Å². The zero-order valence-corrected chi connectivity index (χ0v) is 47.3. The van der Waals surface area contributed by atoms with E-state index in [-0.39, 0.29) is 25.9 Å². The third-order valence-corrected chi connectivity index (χ3v) is 13.3. The Balaban J connectivity index is 2.67. The molecule has 1 fully saturated rings. The first kappa shape index (κ1) is 69.2. The van der Waals surface area contributed by atoms with E-state index < -0.39 is 67.3 Å². The lowest BCUT2D eigenvalue weighted by Crippen LogP contribution is -2.61. The molecule has 0 radical (unpaired) electrons. The lowest BCUT2D eigenvalue weighted by Gasteiger charge is -2.40. The number of carbonyl (C=O) groups excluding carboxylic acids is 3. The predicted molar refractivity (Wildman–Crippen MR) is 303 cm³/mol. The molecule has 3 N–H and O–H groups in total. The third-order valence-electron chi connectivity index (χ3n) is 13.3. The van der Waals surface area contributed by atoms with Crippen LogP contribution in [0.3, 0.4) is 0 Å². The standard InChI is InChI=1S/C63H106O12/c1-4-7-10-13-16-19-22-24-26-27-28-29-31-33-36-39-42-45-48-51-57(66)74-61-59(68)58(67)60(62(69)70)75-63(61)72-53-54(73-56(65)50-47-44-41-38-34-21-18-15-12-9-6-3)52-71-55(64)49-46-43-40-37-35-32-30-25-23-20-17-14-11-8-5-2/h8,11,16-17,19-20,24-26,30,35,37,54,58-61,63,67-68H,4-7,9-10,12-15,18,21-23,27-29,31-34,36,38-53H2,1-3H3,(H,69,70)/b11-8-,19-16-,20-17-,26-24-,30-25-,37-35-. The molecule has 0 bridgehead atoms. The summed E-state index contributed by atoms with van der Waals surface area (Å²) in [5.41, 5.74) is 0. The molecule has 0 aromatic heterocycles. The van der Waals surface area contributed by atoms with Gasteiger partial charge in [-0.25, -0.2) is 4.79 Å². The SMILES string of the molecule is CC/C=C\C/C=C\C/C=C\C/C=C\CCCCC(=O)OCC(COC1OC(C(=O)O)C(O)C(O)C1OC(=O)CCCCCCCCCCC/C=C\C/C=C\CCCCC)OC(=O)CCCCCCCCCCCCC. The van der Waals surface area contributed by atoms with Crippen molar-refractivity contribution in [1.29, 1.82) is 0 Å². The number of unbranched alkanes of at least 4 members (excludes halogenated alkanes) is 24. The zero-order chi connectivity index (χ0) is 54.7. The van der Waals surface area contributed by atoms with Gasteiger partial charge in [0, 0.05) is 19.3 Å². The zero-order valence-electron chi connectivity index (χ0n) is 47.3. The summed E-state index contributed by atoms with van der Waals surface area (Å²) in [7, 11) is 0. The topological polar surface area (TPSA) is 175 Å². The molecule has 0 aromatic carbocycles. The van der Waals surface area contributed by atoms with Crippen molar-refractivity contribution >= 4 is 23.9 Å². The summed E-state index contributed by atoms with van der Waals surface area (Å²) in [6.45, 7) is 5.81. The molecule has 1 rings (SSSR count). The second-order valence-electron chi connectivity index (χ2n) is 20.3. The fourth-order valence-electron chi connectivity index (χ4n) is 8.68. The van der Waals surface area contributed by atoms with Crippen molar-refractivity contribution in [1.82, 2.24) is 0 Å². The number of carboxylic acid groups (broad SMARTS) is 1. The fourth-order valence-corrected chi connectivity index (χ4v) is 8.68. The van der Waals surface area contributed by atoms with Crippen LogP contribution in [0.15, 0.2) is 72.9 Å². The van der Waals surface area contributed by atoms with Crippen LogP contribution in [0.5, 0.6) is 0 Å². The molecule has 12 nitrogen and oxygen atoms in total. The molecule has 430 valence electrons. The van der Waals surface area contributed by atoms with E-state index in [0.29, 0.717) is 19.3 Å². The van der Waals surface area contributed by atoms with Crippen molar-refractivity contribution in [2.45, 2.75) is 289 Å². The van der Waals surface area contributed by atoms with Gasteiger partial charge in [0.1, 0.15) is 18.8 Å². The van der Waals surface area contributed by atoms with Gasteiger partial charge in [-0.2, -0.15) is 0 Å². The van der Waals surface area contributed by atoms with Crippen molar-refractivity contribution < 1.29 is 58.2 Å². The summed E-state index contributed by atoms with van der Waals surface area (Å²) in [5, 5.41) is 31.5. The molecular weight excluding hydrogens is 949 g/mol. The Kier molecular flexibility index (Phi) is 47.0. The number of hydrogen-bond donors (Lipinski definition) is 3. The van der Waals surface area contributed by atoms with Gasteiger partial charge in [-0.15, -0.1) is 0 Å². The number of carbonyl (C=O) groups is 4. The molecule has 1 aliphatic rings. The van der Waals surface area contributed by atoms with Crippen LogP contribution in [0.25, 0.3) is 0 Å². The molecule has 12 heteroatoms. The molecule has 1 heterocycles. The minimum atomic E-state index is -1.91. The lowest BCUT2D eigenvalue weighted by molar-refractivity contribution is -0.301. The Morgan fingerprint density at radius 2 is 0.840 bits per heavy atom. The number of aliphatic hydroxyl groups excluding tert-OH is 2. The first-order valence-electron chi connectivity index (χ1n) is 29.9. The Bertz CT molecular complexity index is 1580. The highest BCUT2D eigenvalue weighted by molar-refractivity contribution is 5.74. The summed E-state index contributed by atoms with van der Waals surface area (Å²) in [5.74, 6) is -3.17. The molecule has 0 spiro atoms. The Morgan fingerprint density at radius 1 is 0.453 bits per heavy atom. The van der Waals surface area contributed by atoms with E-state index in [4.69, 9.17) is 23.7 Å². The van der Waals surface area contributed by atoms with Gasteiger partial charge < -0.3 is 39.0 Å². The summed E-state index contributed by atoms with van der Waals surface area (Å²) in [6, 6.07) is 0. The largest absolute Gasteiger partial charge is 0.479 e. The monoisotopic (exact) mass is 1050 g/mol. The smallest absolute Gasteiger partial charge is 0.335 e. The molecule has 0 amide bonds. The number of esters is 3. The normalized spacial score (nSPS) is 18.7. The van der Waals surface area contributed by atoms with Crippen molar-refractivity contribution in [2.75, 3.05) is 13.2 Å². The molecule has 1 saturated heterocycles. The third kappa shape index (κ3) is 41.0. The molecular formula is C63H106O12. The van der Waals surface area contributed by atoms with Gasteiger partial charge in [0.15, 0.2) is 24.6 Å². The first-order chi connectivity index (χ1) is 36.6. The van der Waals surface area contributed by atoms with E-state index in [9.17, 15) is 34.5 Å². The quantitative estimate of drug-likeness (QED) is 0.0228. The molecule has 0 aliphatic carbocycles. The summed E-state index contributed by atoms with van der Waals surface area (Å²) in [4.78, 5) is 51.1. The molecule has 0 saturated carbocycles. The average Bonchev–Trinajstić information content (AvgIpc) is 3.39. The maximum atomic E-state index is 13.1.